The number of hydrogen-bond acceptors (Lipinski definition) is 2. The van der Waals surface area contributed by atoms with Crippen molar-refractivity contribution in [2.75, 3.05) is 19.0 Å². The number of nitrogens with two attached hydrogens (primary N) is 1. The van der Waals surface area contributed by atoms with E-state index in [4.69, 9.17) is 5.73 Å². The Morgan fingerprint density at radius 3 is 2.31 bits per heavy atom. The normalized spacial score (nSPS) is 17.6. The molecule has 0 amide bonds. The molecule has 0 radical (unpaired) electrons. The van der Waals surface area contributed by atoms with Crippen LogP contribution in [0.5, 0.6) is 0 Å². The van der Waals surface area contributed by atoms with Gasteiger partial charge in [-0.1, -0.05) is 26.0 Å². The van der Waals surface area contributed by atoms with Crippen LogP contribution in [0.2, 0.25) is 0 Å². The summed E-state index contributed by atoms with van der Waals surface area (Å²) in [5.41, 5.74) is 10.3. The highest BCUT2D eigenvalue weighted by Crippen LogP contribution is 2.46. The van der Waals surface area contributed by atoms with Gasteiger partial charge in [-0.3, -0.25) is 0 Å². The van der Waals surface area contributed by atoms with Crippen LogP contribution in [0.15, 0.2) is 18.2 Å². The molecule has 0 spiro atoms. The van der Waals surface area contributed by atoms with Gasteiger partial charge in [-0.05, 0) is 36.0 Å². The molecule has 0 atom stereocenters. The first-order valence-electron chi connectivity index (χ1n) is 6.05. The second-order valence-corrected chi connectivity index (χ2v) is 5.48. The summed E-state index contributed by atoms with van der Waals surface area (Å²) in [7, 11) is 4.17. The van der Waals surface area contributed by atoms with Gasteiger partial charge in [0, 0.05) is 25.3 Å². The van der Waals surface area contributed by atoms with Crippen LogP contribution in [0.4, 0.5) is 5.69 Å². The summed E-state index contributed by atoms with van der Waals surface area (Å²) in [6, 6.07) is 6.72. The van der Waals surface area contributed by atoms with Gasteiger partial charge in [-0.25, -0.2) is 0 Å². The zero-order chi connectivity index (χ0) is 11.9. The van der Waals surface area contributed by atoms with Crippen molar-refractivity contribution in [3.05, 3.63) is 29.3 Å². The van der Waals surface area contributed by atoms with Crippen LogP contribution in [0, 0.1) is 0 Å². The molecule has 0 aromatic heterocycles. The molecule has 0 unspecified atom stereocenters. The molecule has 1 fully saturated rings. The van der Waals surface area contributed by atoms with Crippen LogP contribution in [-0.2, 0) is 5.54 Å². The molecule has 0 saturated heterocycles. The fourth-order valence-corrected chi connectivity index (χ4v) is 2.11. The average molecular weight is 218 g/mol. The summed E-state index contributed by atoms with van der Waals surface area (Å²) in [4.78, 5) is 2.16. The van der Waals surface area contributed by atoms with E-state index in [2.05, 4.69) is 51.0 Å². The van der Waals surface area contributed by atoms with Gasteiger partial charge in [0.2, 0.25) is 0 Å². The molecule has 2 heteroatoms. The molecule has 1 aliphatic rings. The van der Waals surface area contributed by atoms with E-state index in [9.17, 15) is 0 Å². The van der Waals surface area contributed by atoms with E-state index in [1.54, 1.807) is 0 Å². The largest absolute Gasteiger partial charge is 0.377 e. The van der Waals surface area contributed by atoms with E-state index < -0.39 is 0 Å². The van der Waals surface area contributed by atoms with Crippen molar-refractivity contribution in [2.24, 2.45) is 5.73 Å². The standard InChI is InChI=1S/C14H22N2/c1-10(2)11-5-6-13(16(3)4)12(9-11)14(15)7-8-14/h5-6,9-10H,7-8,15H2,1-4H3. The predicted octanol–water partition coefficient (Wildman–Crippen LogP) is 2.82. The van der Waals surface area contributed by atoms with Gasteiger partial charge in [0.25, 0.3) is 0 Å². The smallest absolute Gasteiger partial charge is 0.0432 e. The Labute approximate surface area is 98.4 Å². The highest BCUT2D eigenvalue weighted by atomic mass is 15.1. The molecule has 2 N–H and O–H groups in total. The minimum Gasteiger partial charge on any atom is -0.377 e. The zero-order valence-electron chi connectivity index (χ0n) is 10.7. The Kier molecular flexibility index (Phi) is 2.70. The summed E-state index contributed by atoms with van der Waals surface area (Å²) < 4.78 is 0. The lowest BCUT2D eigenvalue weighted by molar-refractivity contribution is 0.731. The lowest BCUT2D eigenvalue weighted by atomic mass is 9.95. The number of anilines is 1. The Balaban J connectivity index is 2.48. The minimum atomic E-state index is -0.0511. The van der Waals surface area contributed by atoms with Crippen molar-refractivity contribution in [3.63, 3.8) is 0 Å². The Bertz CT molecular complexity index is 390. The topological polar surface area (TPSA) is 29.3 Å². The summed E-state index contributed by atoms with van der Waals surface area (Å²) in [5.74, 6) is 0.567. The lowest BCUT2D eigenvalue weighted by Gasteiger charge is -2.23. The second kappa shape index (κ2) is 3.77. The molecular weight excluding hydrogens is 196 g/mol. The van der Waals surface area contributed by atoms with Crippen molar-refractivity contribution >= 4 is 5.69 Å². The molecule has 2 nitrogen and oxygen atoms in total. The lowest BCUT2D eigenvalue weighted by Crippen LogP contribution is -2.23. The molecule has 0 heterocycles. The summed E-state index contributed by atoms with van der Waals surface area (Å²) in [6.07, 6.45) is 2.24. The van der Waals surface area contributed by atoms with Gasteiger partial charge in [-0.15, -0.1) is 0 Å². The minimum absolute atomic E-state index is 0.0511. The molecule has 0 bridgehead atoms. The van der Waals surface area contributed by atoms with Gasteiger partial charge >= 0.3 is 0 Å². The van der Waals surface area contributed by atoms with E-state index in [0.29, 0.717) is 5.92 Å². The van der Waals surface area contributed by atoms with Crippen molar-refractivity contribution in [1.29, 1.82) is 0 Å². The van der Waals surface area contributed by atoms with Crippen molar-refractivity contribution in [2.45, 2.75) is 38.1 Å². The van der Waals surface area contributed by atoms with E-state index >= 15 is 0 Å². The molecule has 1 aliphatic carbocycles. The highest BCUT2D eigenvalue weighted by Gasteiger charge is 2.42. The van der Waals surface area contributed by atoms with Crippen LogP contribution in [-0.4, -0.2) is 14.1 Å². The number of nitrogens with zero attached hydrogens (tertiary/aromatic N) is 1. The van der Waals surface area contributed by atoms with Crippen LogP contribution in [0.3, 0.4) is 0 Å². The zero-order valence-corrected chi connectivity index (χ0v) is 10.7. The Morgan fingerprint density at radius 2 is 1.88 bits per heavy atom. The van der Waals surface area contributed by atoms with Crippen LogP contribution < -0.4 is 10.6 Å². The van der Waals surface area contributed by atoms with Crippen molar-refractivity contribution in [1.82, 2.24) is 0 Å². The van der Waals surface area contributed by atoms with E-state index in [0.717, 1.165) is 12.8 Å². The maximum Gasteiger partial charge on any atom is 0.0432 e. The van der Waals surface area contributed by atoms with Gasteiger partial charge < -0.3 is 10.6 Å². The maximum atomic E-state index is 6.35. The summed E-state index contributed by atoms with van der Waals surface area (Å²) in [6.45, 7) is 4.45. The third-order valence-electron chi connectivity index (χ3n) is 3.49. The van der Waals surface area contributed by atoms with Gasteiger partial charge in [0.05, 0.1) is 0 Å². The van der Waals surface area contributed by atoms with Crippen LogP contribution >= 0.6 is 0 Å². The third-order valence-corrected chi connectivity index (χ3v) is 3.49. The SMILES string of the molecule is CC(C)c1ccc(N(C)C)c(C2(N)CC2)c1. The molecule has 16 heavy (non-hydrogen) atoms. The fourth-order valence-electron chi connectivity index (χ4n) is 2.11. The predicted molar refractivity (Wildman–Crippen MR) is 70.0 cm³/mol. The van der Waals surface area contributed by atoms with Crippen LogP contribution in [0.25, 0.3) is 0 Å². The molecule has 1 aromatic carbocycles. The first-order chi connectivity index (χ1) is 7.44. The van der Waals surface area contributed by atoms with E-state index in [-0.39, 0.29) is 5.54 Å². The van der Waals surface area contributed by atoms with Crippen molar-refractivity contribution < 1.29 is 0 Å². The van der Waals surface area contributed by atoms with E-state index in [1.165, 1.54) is 16.8 Å². The molecule has 88 valence electrons. The van der Waals surface area contributed by atoms with Gasteiger partial charge in [-0.2, -0.15) is 0 Å². The van der Waals surface area contributed by atoms with Gasteiger partial charge in [0.15, 0.2) is 0 Å². The first-order valence-corrected chi connectivity index (χ1v) is 6.05. The summed E-state index contributed by atoms with van der Waals surface area (Å²) in [5, 5.41) is 0. The number of rotatable bonds is 3. The molecular formula is C14H22N2. The first kappa shape index (κ1) is 11.5. The van der Waals surface area contributed by atoms with Crippen LogP contribution in [0.1, 0.15) is 43.7 Å². The highest BCUT2D eigenvalue weighted by molar-refractivity contribution is 5.58. The Morgan fingerprint density at radius 1 is 1.25 bits per heavy atom. The fraction of sp³-hybridized carbons (Fsp3) is 0.571. The molecule has 2 rings (SSSR count). The Hall–Kier alpha value is -1.02. The molecule has 0 aliphatic heterocycles. The number of hydrogen-bond donors (Lipinski definition) is 1. The molecule has 1 aromatic rings. The average Bonchev–Trinajstić information content (AvgIpc) is 2.96. The third kappa shape index (κ3) is 1.94. The maximum absolute atomic E-state index is 6.35. The second-order valence-electron chi connectivity index (χ2n) is 5.48. The molecule has 1 saturated carbocycles. The summed E-state index contributed by atoms with van der Waals surface area (Å²) >= 11 is 0. The quantitative estimate of drug-likeness (QED) is 0.845. The van der Waals surface area contributed by atoms with Crippen molar-refractivity contribution in [3.8, 4) is 0 Å². The van der Waals surface area contributed by atoms with E-state index in [1.807, 2.05) is 0 Å². The number of benzene rings is 1. The van der Waals surface area contributed by atoms with Gasteiger partial charge in [0.1, 0.15) is 0 Å². The monoisotopic (exact) mass is 218 g/mol.